The van der Waals surface area contributed by atoms with Gasteiger partial charge in [0.25, 0.3) is 0 Å². The Kier molecular flexibility index (Phi) is 4.68. The number of rotatable bonds is 5. The highest BCUT2D eigenvalue weighted by Gasteiger charge is 2.42. The third kappa shape index (κ3) is 3.20. The van der Waals surface area contributed by atoms with Gasteiger partial charge in [-0.15, -0.1) is 0 Å². The fourth-order valence-electron chi connectivity index (χ4n) is 4.62. The smallest absolute Gasteiger partial charge is 0.0708 e. The van der Waals surface area contributed by atoms with Gasteiger partial charge in [-0.2, -0.15) is 0 Å². The summed E-state index contributed by atoms with van der Waals surface area (Å²) in [6.45, 7) is 2.29. The van der Waals surface area contributed by atoms with Crippen molar-refractivity contribution in [2.45, 2.75) is 82.3 Å². The van der Waals surface area contributed by atoms with E-state index in [0.717, 1.165) is 13.1 Å². The van der Waals surface area contributed by atoms with E-state index in [4.69, 9.17) is 4.74 Å². The molecule has 116 valence electrons. The van der Waals surface area contributed by atoms with E-state index < -0.39 is 0 Å². The molecule has 3 nitrogen and oxygen atoms in total. The van der Waals surface area contributed by atoms with Gasteiger partial charge < -0.3 is 15.2 Å². The minimum Gasteiger partial charge on any atom is -0.396 e. The van der Waals surface area contributed by atoms with Crippen molar-refractivity contribution in [2.24, 2.45) is 5.41 Å². The van der Waals surface area contributed by atoms with Crippen LogP contribution in [0.2, 0.25) is 0 Å². The zero-order valence-corrected chi connectivity index (χ0v) is 12.8. The van der Waals surface area contributed by atoms with Crippen LogP contribution < -0.4 is 5.32 Å². The predicted molar refractivity (Wildman–Crippen MR) is 80.8 cm³/mol. The van der Waals surface area contributed by atoms with Crippen LogP contribution in [0.5, 0.6) is 0 Å². The normalized spacial score (nSPS) is 31.9. The summed E-state index contributed by atoms with van der Waals surface area (Å²) < 4.78 is 6.34. The van der Waals surface area contributed by atoms with Gasteiger partial charge in [0.05, 0.1) is 11.7 Å². The average molecular weight is 281 g/mol. The third-order valence-corrected chi connectivity index (χ3v) is 5.98. The van der Waals surface area contributed by atoms with E-state index in [9.17, 15) is 5.11 Å². The lowest BCUT2D eigenvalue weighted by molar-refractivity contribution is -0.0366. The molecule has 1 aliphatic heterocycles. The van der Waals surface area contributed by atoms with Gasteiger partial charge in [0.2, 0.25) is 0 Å². The van der Waals surface area contributed by atoms with Gasteiger partial charge in [0.1, 0.15) is 0 Å². The van der Waals surface area contributed by atoms with Gasteiger partial charge in [-0.05, 0) is 38.5 Å². The summed E-state index contributed by atoms with van der Waals surface area (Å²) in [5.74, 6) is 0. The molecule has 2 saturated carbocycles. The van der Waals surface area contributed by atoms with Gasteiger partial charge in [-0.3, -0.25) is 0 Å². The van der Waals surface area contributed by atoms with Crippen molar-refractivity contribution in [1.29, 1.82) is 0 Å². The molecule has 1 atom stereocenters. The monoisotopic (exact) mass is 281 g/mol. The van der Waals surface area contributed by atoms with Crippen molar-refractivity contribution in [1.82, 2.24) is 5.32 Å². The maximum Gasteiger partial charge on any atom is 0.0708 e. The summed E-state index contributed by atoms with van der Waals surface area (Å²) in [6, 6.07) is 0. The lowest BCUT2D eigenvalue weighted by Gasteiger charge is -2.36. The summed E-state index contributed by atoms with van der Waals surface area (Å²) in [5, 5.41) is 13.3. The Hall–Kier alpha value is -0.120. The molecule has 0 amide bonds. The van der Waals surface area contributed by atoms with Crippen LogP contribution >= 0.6 is 0 Å². The number of aliphatic hydroxyl groups is 1. The van der Waals surface area contributed by atoms with Crippen molar-refractivity contribution in [2.75, 3.05) is 19.7 Å². The fraction of sp³-hybridized carbons (Fsp3) is 1.00. The van der Waals surface area contributed by atoms with Crippen molar-refractivity contribution in [3.05, 3.63) is 0 Å². The number of hydrogen-bond acceptors (Lipinski definition) is 3. The van der Waals surface area contributed by atoms with Gasteiger partial charge in [-0.1, -0.05) is 32.1 Å². The number of nitrogens with one attached hydrogen (secondary N) is 1. The minimum absolute atomic E-state index is 0.155. The molecular formula is C17H31NO2. The second-order valence-corrected chi connectivity index (χ2v) is 7.52. The van der Waals surface area contributed by atoms with Gasteiger partial charge in [0, 0.05) is 25.1 Å². The van der Waals surface area contributed by atoms with Crippen LogP contribution in [0, 0.1) is 5.41 Å². The first kappa shape index (κ1) is 14.8. The molecule has 2 aliphatic carbocycles. The Morgan fingerprint density at radius 3 is 2.35 bits per heavy atom. The van der Waals surface area contributed by atoms with Crippen LogP contribution in [0.25, 0.3) is 0 Å². The van der Waals surface area contributed by atoms with E-state index in [1.165, 1.54) is 70.6 Å². The molecule has 3 fully saturated rings. The Balaban J connectivity index is 1.41. The summed E-state index contributed by atoms with van der Waals surface area (Å²) in [7, 11) is 0. The van der Waals surface area contributed by atoms with Crippen molar-refractivity contribution in [3.63, 3.8) is 0 Å². The van der Waals surface area contributed by atoms with Gasteiger partial charge >= 0.3 is 0 Å². The van der Waals surface area contributed by atoms with Crippen LogP contribution in [-0.4, -0.2) is 36.5 Å². The predicted octanol–water partition coefficient (Wildman–Crippen LogP) is 3.01. The lowest BCUT2D eigenvalue weighted by atomic mass is 9.74. The van der Waals surface area contributed by atoms with E-state index in [-0.39, 0.29) is 11.0 Å². The van der Waals surface area contributed by atoms with Crippen LogP contribution in [0.3, 0.4) is 0 Å². The van der Waals surface area contributed by atoms with E-state index in [1.807, 2.05) is 0 Å². The number of hydrogen-bond donors (Lipinski definition) is 2. The standard InChI is InChI=1S/C17H31NO2/c19-14-16(7-2-1-3-8-16)13-18-12-15-6-11-17(20-15)9-4-5-10-17/h15,18-19H,1-14H2. The summed E-state index contributed by atoms with van der Waals surface area (Å²) >= 11 is 0. The van der Waals surface area contributed by atoms with Gasteiger partial charge in [0.15, 0.2) is 0 Å². The van der Waals surface area contributed by atoms with Crippen molar-refractivity contribution < 1.29 is 9.84 Å². The second kappa shape index (κ2) is 6.33. The number of aliphatic hydroxyl groups excluding tert-OH is 1. The van der Waals surface area contributed by atoms with Crippen LogP contribution in [-0.2, 0) is 4.74 Å². The fourth-order valence-corrected chi connectivity index (χ4v) is 4.62. The largest absolute Gasteiger partial charge is 0.396 e. The van der Waals surface area contributed by atoms with Crippen LogP contribution in [0.4, 0.5) is 0 Å². The average Bonchev–Trinajstić information content (AvgIpc) is 3.11. The lowest BCUT2D eigenvalue weighted by Crippen LogP contribution is -2.41. The molecule has 0 bridgehead atoms. The summed E-state index contributed by atoms with van der Waals surface area (Å²) in [6.07, 6.45) is 14.5. The molecule has 20 heavy (non-hydrogen) atoms. The molecule has 1 heterocycles. The Labute approximate surface area is 123 Å². The molecule has 0 aromatic rings. The van der Waals surface area contributed by atoms with Gasteiger partial charge in [-0.25, -0.2) is 0 Å². The Morgan fingerprint density at radius 1 is 0.950 bits per heavy atom. The zero-order chi connectivity index (χ0) is 13.9. The number of ether oxygens (including phenoxy) is 1. The summed E-state index contributed by atoms with van der Waals surface area (Å²) in [4.78, 5) is 0. The minimum atomic E-state index is 0.155. The molecule has 0 aromatic carbocycles. The first-order chi connectivity index (χ1) is 9.76. The molecule has 3 aliphatic rings. The highest BCUT2D eigenvalue weighted by molar-refractivity contribution is 4.93. The first-order valence-corrected chi connectivity index (χ1v) is 8.75. The van der Waals surface area contributed by atoms with Crippen LogP contribution in [0.1, 0.15) is 70.6 Å². The first-order valence-electron chi connectivity index (χ1n) is 8.75. The van der Waals surface area contributed by atoms with Crippen LogP contribution in [0.15, 0.2) is 0 Å². The molecule has 0 aromatic heterocycles. The third-order valence-electron chi connectivity index (χ3n) is 5.98. The SMILES string of the molecule is OCC1(CNCC2CCC3(CCCC3)O2)CCCCC1. The van der Waals surface area contributed by atoms with E-state index >= 15 is 0 Å². The van der Waals surface area contributed by atoms with Crippen molar-refractivity contribution in [3.8, 4) is 0 Å². The molecular weight excluding hydrogens is 250 g/mol. The molecule has 0 radical (unpaired) electrons. The molecule has 2 N–H and O–H groups in total. The van der Waals surface area contributed by atoms with E-state index in [0.29, 0.717) is 12.7 Å². The highest BCUT2D eigenvalue weighted by atomic mass is 16.5. The zero-order valence-electron chi connectivity index (χ0n) is 12.8. The maximum atomic E-state index is 9.73. The molecule has 1 spiro atoms. The summed E-state index contributed by atoms with van der Waals surface area (Å²) in [5.41, 5.74) is 0.410. The second-order valence-electron chi connectivity index (χ2n) is 7.52. The van der Waals surface area contributed by atoms with E-state index in [1.54, 1.807) is 0 Å². The van der Waals surface area contributed by atoms with Crippen molar-refractivity contribution >= 4 is 0 Å². The quantitative estimate of drug-likeness (QED) is 0.814. The highest BCUT2D eigenvalue weighted by Crippen LogP contribution is 2.43. The molecule has 3 heteroatoms. The molecule has 1 saturated heterocycles. The Morgan fingerprint density at radius 2 is 1.65 bits per heavy atom. The van der Waals surface area contributed by atoms with E-state index in [2.05, 4.69) is 5.32 Å². The topological polar surface area (TPSA) is 41.5 Å². The maximum absolute atomic E-state index is 9.73. The Bertz CT molecular complexity index is 306. The molecule has 3 rings (SSSR count). The molecule has 1 unspecified atom stereocenters.